The lowest BCUT2D eigenvalue weighted by Crippen LogP contribution is -2.36. The molecule has 0 unspecified atom stereocenters. The van der Waals surface area contributed by atoms with Gasteiger partial charge in [-0.25, -0.2) is 4.79 Å². The van der Waals surface area contributed by atoms with Crippen molar-refractivity contribution in [3.05, 3.63) is 27.1 Å². The zero-order chi connectivity index (χ0) is 13.0. The summed E-state index contributed by atoms with van der Waals surface area (Å²) in [5.41, 5.74) is 0. The molecule has 3 N–H and O–H groups in total. The number of aliphatic hydroxyl groups is 1. The third-order valence-corrected chi connectivity index (χ3v) is 2.77. The Hall–Kier alpha value is -2.00. The van der Waals surface area contributed by atoms with Crippen LogP contribution in [0.2, 0.25) is 0 Å². The molecular weight excluding hydrogens is 252 g/mol. The van der Waals surface area contributed by atoms with E-state index in [1.807, 2.05) is 0 Å². The van der Waals surface area contributed by atoms with Crippen LogP contribution in [0.3, 0.4) is 0 Å². The summed E-state index contributed by atoms with van der Waals surface area (Å²) in [6.07, 6.45) is -1.70. The van der Waals surface area contributed by atoms with Crippen molar-refractivity contribution in [3.63, 3.8) is 0 Å². The molecule has 1 aromatic rings. The average Bonchev–Trinajstić information content (AvgIpc) is 2.74. The van der Waals surface area contributed by atoms with E-state index in [0.29, 0.717) is 11.3 Å². The Morgan fingerprint density at radius 1 is 1.53 bits per heavy atom. The second-order valence-electron chi connectivity index (χ2n) is 2.96. The molecule has 8 nitrogen and oxygen atoms in total. The molecule has 0 saturated carbocycles. The summed E-state index contributed by atoms with van der Waals surface area (Å²) >= 11 is 0.669. The quantitative estimate of drug-likeness (QED) is 0.497. The average molecular weight is 260 g/mol. The van der Waals surface area contributed by atoms with Crippen molar-refractivity contribution in [2.45, 2.75) is 6.10 Å². The fourth-order valence-corrected chi connectivity index (χ4v) is 1.65. The van der Waals surface area contributed by atoms with Gasteiger partial charge in [0.25, 0.3) is 5.91 Å². The van der Waals surface area contributed by atoms with Gasteiger partial charge < -0.3 is 15.5 Å². The number of amides is 1. The highest BCUT2D eigenvalue weighted by molar-refractivity contribution is 7.17. The lowest BCUT2D eigenvalue weighted by Gasteiger charge is -2.05. The number of thiophene rings is 1. The van der Waals surface area contributed by atoms with Crippen LogP contribution in [0.1, 0.15) is 9.67 Å². The maximum absolute atomic E-state index is 11.4. The molecule has 1 aromatic heterocycles. The normalized spacial score (nSPS) is 11.8. The number of aliphatic hydroxyl groups excluding tert-OH is 1. The predicted octanol–water partition coefficient (Wildman–Crippen LogP) is -0.168. The fourth-order valence-electron chi connectivity index (χ4n) is 0.912. The molecule has 0 fully saturated rings. The summed E-state index contributed by atoms with van der Waals surface area (Å²) in [5.74, 6) is -2.12. The molecule has 0 aromatic carbocycles. The van der Waals surface area contributed by atoms with Crippen molar-refractivity contribution in [1.29, 1.82) is 0 Å². The van der Waals surface area contributed by atoms with Crippen molar-refractivity contribution < 1.29 is 24.7 Å². The van der Waals surface area contributed by atoms with Gasteiger partial charge in [0.2, 0.25) is 0 Å². The first-order valence-electron chi connectivity index (χ1n) is 4.35. The Morgan fingerprint density at radius 3 is 2.65 bits per heavy atom. The van der Waals surface area contributed by atoms with Crippen LogP contribution < -0.4 is 5.32 Å². The first kappa shape index (κ1) is 13.1. The highest BCUT2D eigenvalue weighted by Crippen LogP contribution is 2.23. The Balaban J connectivity index is 2.58. The summed E-state index contributed by atoms with van der Waals surface area (Å²) in [6, 6.07) is 2.43. The molecule has 92 valence electrons. The topological polar surface area (TPSA) is 130 Å². The fraction of sp³-hybridized carbons (Fsp3) is 0.250. The van der Waals surface area contributed by atoms with E-state index >= 15 is 0 Å². The Bertz CT molecular complexity index is 457. The zero-order valence-corrected chi connectivity index (χ0v) is 9.14. The number of hydrogen-bond donors (Lipinski definition) is 3. The smallest absolute Gasteiger partial charge is 0.334 e. The largest absolute Gasteiger partial charge is 0.479 e. The van der Waals surface area contributed by atoms with E-state index in [9.17, 15) is 19.7 Å². The zero-order valence-electron chi connectivity index (χ0n) is 8.32. The molecule has 0 bridgehead atoms. The Labute approximate surface area is 98.6 Å². The summed E-state index contributed by atoms with van der Waals surface area (Å²) in [5, 5.41) is 29.6. The van der Waals surface area contributed by atoms with Gasteiger partial charge in [-0.2, -0.15) is 0 Å². The number of rotatable bonds is 5. The number of carboxylic acids is 1. The Morgan fingerprint density at radius 2 is 2.18 bits per heavy atom. The number of nitrogens with one attached hydrogen (secondary N) is 1. The third-order valence-electron chi connectivity index (χ3n) is 1.74. The van der Waals surface area contributed by atoms with E-state index < -0.39 is 29.4 Å². The van der Waals surface area contributed by atoms with Crippen molar-refractivity contribution >= 4 is 28.2 Å². The van der Waals surface area contributed by atoms with E-state index in [2.05, 4.69) is 5.32 Å². The van der Waals surface area contributed by atoms with E-state index in [1.165, 1.54) is 12.1 Å². The third kappa shape index (κ3) is 3.50. The lowest BCUT2D eigenvalue weighted by molar-refractivity contribution is -0.380. The van der Waals surface area contributed by atoms with Crippen molar-refractivity contribution in [1.82, 2.24) is 5.32 Å². The minimum Gasteiger partial charge on any atom is -0.479 e. The second kappa shape index (κ2) is 5.37. The monoisotopic (exact) mass is 260 g/mol. The molecule has 9 heteroatoms. The minimum atomic E-state index is -1.70. The van der Waals surface area contributed by atoms with E-state index in [4.69, 9.17) is 10.2 Å². The van der Waals surface area contributed by atoms with E-state index in [1.54, 1.807) is 0 Å². The minimum absolute atomic E-state index is 0.0780. The number of nitro groups is 1. The van der Waals surface area contributed by atoms with E-state index in [-0.39, 0.29) is 9.88 Å². The van der Waals surface area contributed by atoms with Crippen LogP contribution in [0.4, 0.5) is 5.00 Å². The van der Waals surface area contributed by atoms with Crippen LogP contribution in [0.25, 0.3) is 0 Å². The number of aliphatic carboxylic acids is 1. The predicted molar refractivity (Wildman–Crippen MR) is 56.9 cm³/mol. The van der Waals surface area contributed by atoms with Gasteiger partial charge >= 0.3 is 11.0 Å². The molecule has 0 aliphatic carbocycles. The van der Waals surface area contributed by atoms with Gasteiger partial charge in [0, 0.05) is 6.07 Å². The van der Waals surface area contributed by atoms with Crippen LogP contribution >= 0.6 is 11.3 Å². The second-order valence-corrected chi connectivity index (χ2v) is 4.02. The van der Waals surface area contributed by atoms with Crippen LogP contribution in [0, 0.1) is 10.1 Å². The number of nitrogens with zero attached hydrogens (tertiary/aromatic N) is 1. The van der Waals surface area contributed by atoms with Crippen LogP contribution in [-0.2, 0) is 4.79 Å². The van der Waals surface area contributed by atoms with Crippen LogP contribution in [-0.4, -0.2) is 39.7 Å². The number of carbonyl (C=O) groups is 2. The summed E-state index contributed by atoms with van der Waals surface area (Å²) in [6.45, 7) is -0.458. The Kier molecular flexibility index (Phi) is 4.12. The molecule has 17 heavy (non-hydrogen) atoms. The molecule has 0 spiro atoms. The molecule has 1 heterocycles. The van der Waals surface area contributed by atoms with Gasteiger partial charge in [-0.1, -0.05) is 11.3 Å². The van der Waals surface area contributed by atoms with Gasteiger partial charge in [0.15, 0.2) is 6.10 Å². The maximum atomic E-state index is 11.4. The van der Waals surface area contributed by atoms with Gasteiger partial charge in [-0.15, -0.1) is 0 Å². The molecule has 0 saturated heterocycles. The van der Waals surface area contributed by atoms with Crippen LogP contribution in [0.15, 0.2) is 12.1 Å². The highest BCUT2D eigenvalue weighted by Gasteiger charge is 2.18. The molecule has 1 rings (SSSR count). The lowest BCUT2D eigenvalue weighted by atomic mass is 10.3. The van der Waals surface area contributed by atoms with Gasteiger partial charge in [-0.05, 0) is 6.07 Å². The molecule has 0 aliphatic heterocycles. The maximum Gasteiger partial charge on any atom is 0.334 e. The summed E-state index contributed by atoms with van der Waals surface area (Å²) < 4.78 is 0. The summed E-state index contributed by atoms with van der Waals surface area (Å²) in [7, 11) is 0. The standard InChI is InChI=1S/C8H8N2O6S/c11-4(8(13)14)3-9-7(12)5-1-2-6(17-5)10(15)16/h1-2,4,11H,3H2,(H,9,12)(H,13,14)/t4-/m0/s1. The molecule has 0 aliphatic rings. The van der Waals surface area contributed by atoms with Crippen molar-refractivity contribution in [3.8, 4) is 0 Å². The summed E-state index contributed by atoms with van der Waals surface area (Å²) in [4.78, 5) is 31.4. The van der Waals surface area contributed by atoms with Crippen molar-refractivity contribution in [2.24, 2.45) is 0 Å². The number of carbonyl (C=O) groups excluding carboxylic acids is 1. The van der Waals surface area contributed by atoms with Gasteiger partial charge in [0.05, 0.1) is 16.3 Å². The number of hydrogen-bond acceptors (Lipinski definition) is 6. The van der Waals surface area contributed by atoms with Gasteiger partial charge in [-0.3, -0.25) is 14.9 Å². The van der Waals surface area contributed by atoms with Crippen molar-refractivity contribution in [2.75, 3.05) is 6.54 Å². The molecule has 1 amide bonds. The first-order valence-corrected chi connectivity index (χ1v) is 5.16. The van der Waals surface area contributed by atoms with Crippen LogP contribution in [0.5, 0.6) is 0 Å². The molecule has 1 atom stereocenters. The number of carboxylic acid groups (broad SMARTS) is 1. The highest BCUT2D eigenvalue weighted by atomic mass is 32.1. The molecular formula is C8H8N2O6S. The SMILES string of the molecule is O=C(NC[C@H](O)C(=O)O)c1ccc([N+](=O)[O-])s1. The first-order chi connectivity index (χ1) is 7.91. The van der Waals surface area contributed by atoms with Gasteiger partial charge in [0.1, 0.15) is 0 Å². The van der Waals surface area contributed by atoms with E-state index in [0.717, 1.165) is 0 Å². The molecule has 0 radical (unpaired) electrons.